The molecule has 1 fully saturated rings. The molecular weight excluding hydrogens is 130 g/mol. The van der Waals surface area contributed by atoms with E-state index in [1.807, 2.05) is 7.05 Å². The van der Waals surface area contributed by atoms with Gasteiger partial charge in [0, 0.05) is 57.8 Å². The van der Waals surface area contributed by atoms with Gasteiger partial charge in [-0.05, 0) is 6.42 Å². The molecular formula is C5H9CaNO. The molecule has 0 atom stereocenters. The fourth-order valence-electron chi connectivity index (χ4n) is 0.783. The van der Waals surface area contributed by atoms with Crippen molar-refractivity contribution < 1.29 is 4.79 Å². The molecule has 42 valence electrons. The Morgan fingerprint density at radius 1 is 1.62 bits per heavy atom. The molecule has 0 aromatic heterocycles. The van der Waals surface area contributed by atoms with Gasteiger partial charge in [0.1, 0.15) is 0 Å². The number of hydrogen-bond acceptors (Lipinski definition) is 1. The fraction of sp³-hybridized carbons (Fsp3) is 0.800. The molecule has 0 spiro atoms. The van der Waals surface area contributed by atoms with E-state index >= 15 is 0 Å². The fourth-order valence-corrected chi connectivity index (χ4v) is 0.783. The van der Waals surface area contributed by atoms with E-state index in [2.05, 4.69) is 0 Å². The Kier molecular flexibility index (Phi) is 4.04. The molecule has 1 aliphatic rings. The van der Waals surface area contributed by atoms with Gasteiger partial charge in [-0.25, -0.2) is 0 Å². The van der Waals surface area contributed by atoms with E-state index in [0.29, 0.717) is 5.91 Å². The standard InChI is InChI=1S/C5H9NO.Ca/c1-6-4-2-3-5(6)7;/h2-4H2,1H3;. The molecule has 0 aromatic carbocycles. The molecule has 0 aromatic rings. The third-order valence-electron chi connectivity index (χ3n) is 1.31. The first-order valence-corrected chi connectivity index (χ1v) is 2.54. The van der Waals surface area contributed by atoms with Crippen molar-refractivity contribution in [3.8, 4) is 0 Å². The second-order valence-electron chi connectivity index (χ2n) is 1.92. The zero-order chi connectivity index (χ0) is 5.28. The predicted molar refractivity (Wildman–Crippen MR) is 32.6 cm³/mol. The van der Waals surface area contributed by atoms with Gasteiger partial charge in [0.15, 0.2) is 0 Å². The summed E-state index contributed by atoms with van der Waals surface area (Å²) in [5.74, 6) is 0.292. The van der Waals surface area contributed by atoms with E-state index in [1.54, 1.807) is 4.90 Å². The summed E-state index contributed by atoms with van der Waals surface area (Å²) in [5, 5.41) is 0. The van der Waals surface area contributed by atoms with Crippen molar-refractivity contribution in [2.24, 2.45) is 0 Å². The molecule has 3 heteroatoms. The van der Waals surface area contributed by atoms with E-state index in [1.165, 1.54) is 0 Å². The number of amides is 1. The number of likely N-dealkylation sites (tertiary alicyclic amines) is 1. The Balaban J connectivity index is 0.000000490. The quantitative estimate of drug-likeness (QED) is 0.428. The first kappa shape index (κ1) is 8.73. The van der Waals surface area contributed by atoms with Crippen LogP contribution in [0.1, 0.15) is 12.8 Å². The summed E-state index contributed by atoms with van der Waals surface area (Å²) in [4.78, 5) is 12.3. The van der Waals surface area contributed by atoms with Crippen molar-refractivity contribution in [3.05, 3.63) is 0 Å². The molecule has 1 heterocycles. The average Bonchev–Trinajstić information content (AvgIpc) is 1.91. The average molecular weight is 139 g/mol. The van der Waals surface area contributed by atoms with Crippen LogP contribution in [0.25, 0.3) is 0 Å². The zero-order valence-corrected chi connectivity index (χ0v) is 7.39. The summed E-state index contributed by atoms with van der Waals surface area (Å²) >= 11 is 0. The third-order valence-corrected chi connectivity index (χ3v) is 1.31. The largest absolute Gasteiger partial charge is 0.346 e. The molecule has 1 aliphatic heterocycles. The molecule has 0 bridgehead atoms. The second-order valence-corrected chi connectivity index (χ2v) is 1.92. The van der Waals surface area contributed by atoms with E-state index < -0.39 is 0 Å². The van der Waals surface area contributed by atoms with Gasteiger partial charge >= 0.3 is 0 Å². The van der Waals surface area contributed by atoms with Gasteiger partial charge in [0.2, 0.25) is 5.91 Å². The first-order chi connectivity index (χ1) is 3.30. The van der Waals surface area contributed by atoms with Crippen LogP contribution in [-0.4, -0.2) is 62.1 Å². The summed E-state index contributed by atoms with van der Waals surface area (Å²) in [6.07, 6.45) is 1.81. The molecule has 1 saturated heterocycles. The van der Waals surface area contributed by atoms with Crippen LogP contribution in [0.3, 0.4) is 0 Å². The second kappa shape index (κ2) is 3.70. The Hall–Kier alpha value is 0.730. The number of carbonyl (C=O) groups excluding carboxylic acids is 1. The molecule has 0 aliphatic carbocycles. The summed E-state index contributed by atoms with van der Waals surface area (Å²) < 4.78 is 0. The third kappa shape index (κ3) is 1.92. The van der Waals surface area contributed by atoms with Crippen LogP contribution in [0.2, 0.25) is 0 Å². The first-order valence-electron chi connectivity index (χ1n) is 2.54. The minimum Gasteiger partial charge on any atom is -0.346 e. The smallest absolute Gasteiger partial charge is 0.222 e. The summed E-state index contributed by atoms with van der Waals surface area (Å²) in [5.41, 5.74) is 0. The van der Waals surface area contributed by atoms with E-state index in [0.717, 1.165) is 19.4 Å². The number of carbonyl (C=O) groups is 1. The van der Waals surface area contributed by atoms with E-state index in [-0.39, 0.29) is 37.7 Å². The van der Waals surface area contributed by atoms with E-state index in [4.69, 9.17) is 0 Å². The van der Waals surface area contributed by atoms with Gasteiger partial charge in [-0.2, -0.15) is 0 Å². The van der Waals surface area contributed by atoms with Gasteiger partial charge in [-0.1, -0.05) is 0 Å². The molecule has 0 unspecified atom stereocenters. The zero-order valence-electron chi connectivity index (χ0n) is 5.18. The van der Waals surface area contributed by atoms with Crippen molar-refractivity contribution in [3.63, 3.8) is 0 Å². The normalized spacial score (nSPS) is 18.6. The Bertz CT molecular complexity index is 94.4. The van der Waals surface area contributed by atoms with Crippen LogP contribution in [-0.2, 0) is 4.79 Å². The molecule has 0 saturated carbocycles. The number of rotatable bonds is 0. The van der Waals surface area contributed by atoms with Crippen LogP contribution < -0.4 is 0 Å². The van der Waals surface area contributed by atoms with Crippen molar-refractivity contribution in [1.29, 1.82) is 0 Å². The van der Waals surface area contributed by atoms with E-state index in [9.17, 15) is 4.79 Å². The maximum Gasteiger partial charge on any atom is 0.222 e. The van der Waals surface area contributed by atoms with Gasteiger partial charge in [0.25, 0.3) is 0 Å². The summed E-state index contributed by atoms with van der Waals surface area (Å²) in [6.45, 7) is 0.957. The maximum absolute atomic E-state index is 10.5. The molecule has 2 nitrogen and oxygen atoms in total. The van der Waals surface area contributed by atoms with Crippen LogP contribution in [0.4, 0.5) is 0 Å². The van der Waals surface area contributed by atoms with Crippen LogP contribution >= 0.6 is 0 Å². The topological polar surface area (TPSA) is 20.3 Å². The van der Waals surface area contributed by atoms with Gasteiger partial charge < -0.3 is 4.90 Å². The predicted octanol–water partition coefficient (Wildman–Crippen LogP) is -0.142. The van der Waals surface area contributed by atoms with Gasteiger partial charge in [-0.15, -0.1) is 0 Å². The van der Waals surface area contributed by atoms with Crippen molar-refractivity contribution in [1.82, 2.24) is 4.90 Å². The molecule has 2 radical (unpaired) electrons. The molecule has 1 amide bonds. The number of hydrogen-bond donors (Lipinski definition) is 0. The summed E-state index contributed by atoms with van der Waals surface area (Å²) in [7, 11) is 1.84. The van der Waals surface area contributed by atoms with Gasteiger partial charge in [0.05, 0.1) is 0 Å². The minimum absolute atomic E-state index is 0. The molecule has 8 heavy (non-hydrogen) atoms. The van der Waals surface area contributed by atoms with Crippen molar-refractivity contribution >= 4 is 43.6 Å². The Morgan fingerprint density at radius 2 is 2.25 bits per heavy atom. The van der Waals surface area contributed by atoms with Gasteiger partial charge in [-0.3, -0.25) is 4.79 Å². The number of nitrogens with zero attached hydrogens (tertiary/aromatic N) is 1. The molecule has 0 N–H and O–H groups in total. The van der Waals surface area contributed by atoms with Crippen LogP contribution in [0.15, 0.2) is 0 Å². The van der Waals surface area contributed by atoms with Crippen molar-refractivity contribution in [2.75, 3.05) is 13.6 Å². The SMILES string of the molecule is CN1CCCC1=O.[Ca]. The maximum atomic E-state index is 10.5. The van der Waals surface area contributed by atoms with Crippen LogP contribution in [0.5, 0.6) is 0 Å². The summed E-state index contributed by atoms with van der Waals surface area (Å²) in [6, 6.07) is 0. The minimum atomic E-state index is 0. The molecule has 1 rings (SSSR count). The Labute approximate surface area is 79.2 Å². The Morgan fingerprint density at radius 3 is 2.38 bits per heavy atom. The van der Waals surface area contributed by atoms with Crippen molar-refractivity contribution in [2.45, 2.75) is 12.8 Å². The van der Waals surface area contributed by atoms with Crippen LogP contribution in [0, 0.1) is 0 Å². The monoisotopic (exact) mass is 139 g/mol.